The van der Waals surface area contributed by atoms with Crippen molar-refractivity contribution in [3.05, 3.63) is 47.1 Å². The molecule has 0 saturated heterocycles. The number of halogens is 1. The zero-order valence-electron chi connectivity index (χ0n) is 8.72. The molecule has 2 N–H and O–H groups in total. The molecule has 1 aromatic carbocycles. The SMILES string of the molecule is N#Cc1cccc(Oc2ccc(Cl)cc2N)n1. The summed E-state index contributed by atoms with van der Waals surface area (Å²) in [6, 6.07) is 11.8. The van der Waals surface area contributed by atoms with Crippen LogP contribution in [0.3, 0.4) is 0 Å². The fourth-order valence-electron chi connectivity index (χ4n) is 1.26. The summed E-state index contributed by atoms with van der Waals surface area (Å²) < 4.78 is 5.46. The molecular formula is C12H8ClN3O. The minimum absolute atomic E-state index is 0.287. The van der Waals surface area contributed by atoms with E-state index < -0.39 is 0 Å². The molecule has 0 unspecified atom stereocenters. The first-order valence-corrected chi connectivity index (χ1v) is 5.17. The Bertz CT molecular complexity index is 593. The van der Waals surface area contributed by atoms with Gasteiger partial charge in [0.25, 0.3) is 0 Å². The molecular weight excluding hydrogens is 238 g/mol. The van der Waals surface area contributed by atoms with Gasteiger partial charge in [0.2, 0.25) is 5.88 Å². The highest BCUT2D eigenvalue weighted by atomic mass is 35.5. The van der Waals surface area contributed by atoms with Crippen LogP contribution in [0, 0.1) is 11.3 Å². The quantitative estimate of drug-likeness (QED) is 0.826. The van der Waals surface area contributed by atoms with E-state index in [9.17, 15) is 0 Å². The molecule has 2 aromatic rings. The Morgan fingerprint density at radius 2 is 2.12 bits per heavy atom. The summed E-state index contributed by atoms with van der Waals surface area (Å²) in [4.78, 5) is 3.98. The topological polar surface area (TPSA) is 71.9 Å². The van der Waals surface area contributed by atoms with E-state index in [1.165, 1.54) is 0 Å². The lowest BCUT2D eigenvalue weighted by Gasteiger charge is -2.07. The van der Waals surface area contributed by atoms with Crippen LogP contribution in [0.4, 0.5) is 5.69 Å². The second kappa shape index (κ2) is 4.73. The summed E-state index contributed by atoms with van der Waals surface area (Å²) in [5, 5.41) is 9.24. The van der Waals surface area contributed by atoms with Gasteiger partial charge < -0.3 is 10.5 Å². The number of pyridine rings is 1. The average Bonchev–Trinajstić information content (AvgIpc) is 2.33. The maximum atomic E-state index is 8.71. The number of nitrogens with zero attached hydrogens (tertiary/aromatic N) is 2. The van der Waals surface area contributed by atoms with E-state index in [0.717, 1.165) is 0 Å². The maximum absolute atomic E-state index is 8.71. The van der Waals surface area contributed by atoms with Gasteiger partial charge in [0.15, 0.2) is 5.75 Å². The third-order valence-electron chi connectivity index (χ3n) is 2.02. The Balaban J connectivity index is 2.28. The Morgan fingerprint density at radius 3 is 2.82 bits per heavy atom. The summed E-state index contributed by atoms with van der Waals surface area (Å²) in [6.45, 7) is 0. The van der Waals surface area contributed by atoms with E-state index in [1.54, 1.807) is 36.4 Å². The average molecular weight is 246 g/mol. The van der Waals surface area contributed by atoms with Crippen molar-refractivity contribution in [3.8, 4) is 17.7 Å². The lowest BCUT2D eigenvalue weighted by Crippen LogP contribution is -1.94. The highest BCUT2D eigenvalue weighted by molar-refractivity contribution is 6.30. The number of aromatic nitrogens is 1. The van der Waals surface area contributed by atoms with Gasteiger partial charge >= 0.3 is 0 Å². The second-order valence-corrected chi connectivity index (χ2v) is 3.69. The summed E-state index contributed by atoms with van der Waals surface area (Å²) in [5.74, 6) is 0.773. The molecule has 0 aliphatic carbocycles. The summed E-state index contributed by atoms with van der Waals surface area (Å²) in [5.41, 5.74) is 6.44. The van der Waals surface area contributed by atoms with E-state index in [2.05, 4.69) is 4.98 Å². The number of anilines is 1. The Labute approximate surface area is 103 Å². The highest BCUT2D eigenvalue weighted by Crippen LogP contribution is 2.28. The third kappa shape index (κ3) is 2.65. The van der Waals surface area contributed by atoms with E-state index in [-0.39, 0.29) is 5.69 Å². The minimum Gasteiger partial charge on any atom is -0.437 e. The molecule has 0 spiro atoms. The maximum Gasteiger partial charge on any atom is 0.220 e. The number of nitriles is 1. The van der Waals surface area contributed by atoms with Crippen LogP contribution in [0.15, 0.2) is 36.4 Å². The molecule has 1 aromatic heterocycles. The normalized spacial score (nSPS) is 9.65. The van der Waals surface area contributed by atoms with Crippen molar-refractivity contribution in [3.63, 3.8) is 0 Å². The van der Waals surface area contributed by atoms with Crippen LogP contribution in [0.2, 0.25) is 5.02 Å². The van der Waals surface area contributed by atoms with Crippen LogP contribution in [0.1, 0.15) is 5.69 Å². The van der Waals surface area contributed by atoms with Crippen LogP contribution in [0.25, 0.3) is 0 Å². The number of ether oxygens (including phenoxy) is 1. The predicted molar refractivity (Wildman–Crippen MR) is 64.9 cm³/mol. The van der Waals surface area contributed by atoms with Crippen molar-refractivity contribution in [1.82, 2.24) is 4.98 Å². The molecule has 1 heterocycles. The largest absolute Gasteiger partial charge is 0.437 e. The van der Waals surface area contributed by atoms with Crippen LogP contribution in [-0.2, 0) is 0 Å². The fraction of sp³-hybridized carbons (Fsp3) is 0. The molecule has 0 aliphatic rings. The van der Waals surface area contributed by atoms with E-state index >= 15 is 0 Å². The second-order valence-electron chi connectivity index (χ2n) is 3.26. The number of rotatable bonds is 2. The van der Waals surface area contributed by atoms with E-state index in [1.807, 2.05) is 6.07 Å². The molecule has 0 saturated carbocycles. The fourth-order valence-corrected chi connectivity index (χ4v) is 1.44. The number of hydrogen-bond acceptors (Lipinski definition) is 4. The lowest BCUT2D eigenvalue weighted by atomic mass is 10.3. The molecule has 17 heavy (non-hydrogen) atoms. The van der Waals surface area contributed by atoms with E-state index in [4.69, 9.17) is 27.3 Å². The summed E-state index contributed by atoms with van der Waals surface area (Å²) >= 11 is 5.77. The van der Waals surface area contributed by atoms with Crippen molar-refractivity contribution in [1.29, 1.82) is 5.26 Å². The van der Waals surface area contributed by atoms with Crippen LogP contribution in [0.5, 0.6) is 11.6 Å². The molecule has 84 valence electrons. The van der Waals surface area contributed by atoms with Crippen molar-refractivity contribution >= 4 is 17.3 Å². The summed E-state index contributed by atoms with van der Waals surface area (Å²) in [7, 11) is 0. The van der Waals surface area contributed by atoms with Crippen LogP contribution >= 0.6 is 11.6 Å². The number of nitrogens with two attached hydrogens (primary N) is 1. The Hall–Kier alpha value is -2.25. The monoisotopic (exact) mass is 245 g/mol. The number of benzene rings is 1. The first-order chi connectivity index (χ1) is 8.19. The molecule has 5 heteroatoms. The summed E-state index contributed by atoms with van der Waals surface area (Å²) in [6.07, 6.45) is 0. The van der Waals surface area contributed by atoms with Crippen molar-refractivity contribution in [2.75, 3.05) is 5.73 Å². The molecule has 0 fully saturated rings. The third-order valence-corrected chi connectivity index (χ3v) is 2.26. The van der Waals surface area contributed by atoms with Gasteiger partial charge in [0.1, 0.15) is 11.8 Å². The minimum atomic E-state index is 0.287. The van der Waals surface area contributed by atoms with Gasteiger partial charge in [-0.15, -0.1) is 0 Å². The zero-order valence-corrected chi connectivity index (χ0v) is 9.48. The first kappa shape index (κ1) is 11.2. The molecule has 0 radical (unpaired) electrons. The first-order valence-electron chi connectivity index (χ1n) is 4.79. The van der Waals surface area contributed by atoms with Crippen molar-refractivity contribution in [2.24, 2.45) is 0 Å². The molecule has 0 aliphatic heterocycles. The van der Waals surface area contributed by atoms with Gasteiger partial charge in [-0.2, -0.15) is 5.26 Å². The van der Waals surface area contributed by atoms with Crippen molar-refractivity contribution in [2.45, 2.75) is 0 Å². The van der Waals surface area contributed by atoms with Crippen molar-refractivity contribution < 1.29 is 4.74 Å². The van der Waals surface area contributed by atoms with Gasteiger partial charge in [-0.3, -0.25) is 0 Å². The van der Waals surface area contributed by atoms with Gasteiger partial charge in [-0.05, 0) is 24.3 Å². The predicted octanol–water partition coefficient (Wildman–Crippen LogP) is 2.98. The van der Waals surface area contributed by atoms with E-state index in [0.29, 0.717) is 22.3 Å². The number of hydrogen-bond donors (Lipinski definition) is 1. The Morgan fingerprint density at radius 1 is 1.29 bits per heavy atom. The smallest absolute Gasteiger partial charge is 0.220 e. The van der Waals surface area contributed by atoms with Gasteiger partial charge in [-0.1, -0.05) is 17.7 Å². The molecule has 0 amide bonds. The lowest BCUT2D eigenvalue weighted by molar-refractivity contribution is 0.464. The van der Waals surface area contributed by atoms with Gasteiger partial charge in [0.05, 0.1) is 5.69 Å². The molecule has 2 rings (SSSR count). The highest BCUT2D eigenvalue weighted by Gasteiger charge is 2.04. The standard InChI is InChI=1S/C12H8ClN3O/c13-8-4-5-11(10(15)6-8)17-12-3-1-2-9(7-14)16-12/h1-6H,15H2. The number of nitrogen functional groups attached to an aromatic ring is 1. The Kier molecular flexibility index (Phi) is 3.12. The van der Waals surface area contributed by atoms with Gasteiger partial charge in [0, 0.05) is 11.1 Å². The van der Waals surface area contributed by atoms with Crippen LogP contribution in [-0.4, -0.2) is 4.98 Å². The molecule has 0 atom stereocenters. The van der Waals surface area contributed by atoms with Gasteiger partial charge in [-0.25, -0.2) is 4.98 Å². The zero-order chi connectivity index (χ0) is 12.3. The molecule has 4 nitrogen and oxygen atoms in total. The molecule has 0 bridgehead atoms. The van der Waals surface area contributed by atoms with Crippen LogP contribution < -0.4 is 10.5 Å².